The largest absolute Gasteiger partial charge is 0.573 e. The third kappa shape index (κ3) is 8.50. The number of para-hydroxylation sites is 2. The van der Waals surface area contributed by atoms with Crippen LogP contribution in [0.15, 0.2) is 48.5 Å². The van der Waals surface area contributed by atoms with Gasteiger partial charge in [-0.25, -0.2) is 0 Å². The van der Waals surface area contributed by atoms with E-state index in [9.17, 15) is 34.8 Å². The van der Waals surface area contributed by atoms with Gasteiger partial charge in [0.05, 0.1) is 5.75 Å². The third-order valence-electron chi connectivity index (χ3n) is 3.19. The van der Waals surface area contributed by atoms with Gasteiger partial charge in [0, 0.05) is 12.5 Å². The average molecular weight is 444 g/mol. The van der Waals surface area contributed by atoms with Gasteiger partial charge in [-0.3, -0.25) is 0 Å². The number of alkyl halides is 6. The van der Waals surface area contributed by atoms with Crippen LogP contribution in [0.5, 0.6) is 23.0 Å². The Morgan fingerprint density at radius 2 is 1.45 bits per heavy atom. The molecule has 0 bridgehead atoms. The Labute approximate surface area is 161 Å². The predicted molar refractivity (Wildman–Crippen MR) is 89.3 cm³/mol. The molecule has 0 radical (unpaired) electrons. The fraction of sp³-hybridized carbons (Fsp3) is 0.294. The van der Waals surface area contributed by atoms with Crippen LogP contribution in [0, 0.1) is 0 Å². The van der Waals surface area contributed by atoms with Gasteiger partial charge in [-0.15, -0.1) is 13.2 Å². The molecular weight excluding hydrogens is 430 g/mol. The number of hydrogen-bond donors (Lipinski definition) is 0. The van der Waals surface area contributed by atoms with Crippen molar-refractivity contribution in [3.8, 4) is 23.0 Å². The molecule has 2 aromatic rings. The number of rotatable bonds is 8. The quantitative estimate of drug-likeness (QED) is 0.402. The molecule has 0 saturated carbocycles. The molecule has 0 amide bonds. The maximum Gasteiger partial charge on any atom is 0.573 e. The second-order valence-corrected chi connectivity index (χ2v) is 7.33. The summed E-state index contributed by atoms with van der Waals surface area (Å²) in [6, 6.07) is 9.77. The molecule has 0 N–H and O–H groups in total. The van der Waals surface area contributed by atoms with E-state index < -0.39 is 47.0 Å². The molecule has 0 fully saturated rings. The Bertz CT molecular complexity index is 924. The van der Waals surface area contributed by atoms with Gasteiger partial charge in [-0.2, -0.15) is 21.6 Å². The van der Waals surface area contributed by atoms with E-state index in [2.05, 4.69) is 4.74 Å². The van der Waals surface area contributed by atoms with Crippen LogP contribution in [0.25, 0.3) is 0 Å². The second-order valence-electron chi connectivity index (χ2n) is 5.64. The molecule has 0 spiro atoms. The van der Waals surface area contributed by atoms with Gasteiger partial charge in [-0.05, 0) is 30.7 Å². The van der Waals surface area contributed by atoms with Crippen molar-refractivity contribution in [2.75, 3.05) is 5.75 Å². The number of hydrogen-bond acceptors (Lipinski definition) is 5. The van der Waals surface area contributed by atoms with Crippen molar-refractivity contribution in [1.82, 2.24) is 0 Å². The van der Waals surface area contributed by atoms with Crippen molar-refractivity contribution in [1.29, 1.82) is 0 Å². The number of ether oxygens (including phenoxy) is 2. The average Bonchev–Trinajstić information content (AvgIpc) is 2.54. The summed E-state index contributed by atoms with van der Waals surface area (Å²) in [7, 11) is -4.31. The Morgan fingerprint density at radius 3 is 2.07 bits per heavy atom. The maximum absolute atomic E-state index is 12.5. The first kappa shape index (κ1) is 22.7. The van der Waals surface area contributed by atoms with Gasteiger partial charge < -0.3 is 13.7 Å². The van der Waals surface area contributed by atoms with Gasteiger partial charge in [0.15, 0.2) is 11.5 Å². The first-order valence-corrected chi connectivity index (χ1v) is 9.52. The third-order valence-corrected chi connectivity index (χ3v) is 4.42. The summed E-state index contributed by atoms with van der Waals surface area (Å²) < 4.78 is 111. The maximum atomic E-state index is 12.5. The predicted octanol–water partition coefficient (Wildman–Crippen LogP) is 5.43. The Kier molecular flexibility index (Phi) is 6.88. The van der Waals surface area contributed by atoms with E-state index >= 15 is 0 Å². The van der Waals surface area contributed by atoms with Gasteiger partial charge in [0.25, 0.3) is 0 Å². The van der Waals surface area contributed by atoms with Crippen LogP contribution >= 0.6 is 0 Å². The van der Waals surface area contributed by atoms with E-state index in [0.29, 0.717) is 0 Å². The minimum absolute atomic E-state index is 0.0776. The highest BCUT2D eigenvalue weighted by Crippen LogP contribution is 2.35. The van der Waals surface area contributed by atoms with Crippen molar-refractivity contribution < 1.29 is 48.4 Å². The van der Waals surface area contributed by atoms with Gasteiger partial charge in [-0.1, -0.05) is 18.2 Å². The topological polar surface area (TPSA) is 61.8 Å². The molecule has 0 unspecified atom stereocenters. The Morgan fingerprint density at radius 1 is 0.828 bits per heavy atom. The molecule has 2 aromatic carbocycles. The molecule has 0 atom stereocenters. The van der Waals surface area contributed by atoms with E-state index in [-0.39, 0.29) is 17.2 Å². The lowest BCUT2D eigenvalue weighted by Gasteiger charge is -2.14. The van der Waals surface area contributed by atoms with E-state index in [0.717, 1.165) is 12.1 Å². The molecule has 0 aliphatic carbocycles. The van der Waals surface area contributed by atoms with Crippen LogP contribution in [-0.4, -0.2) is 26.7 Å². The summed E-state index contributed by atoms with van der Waals surface area (Å²) in [5, 5.41) is 0. The van der Waals surface area contributed by atoms with Crippen molar-refractivity contribution in [3.63, 3.8) is 0 Å². The Hall–Kier alpha value is -2.63. The van der Waals surface area contributed by atoms with Crippen molar-refractivity contribution in [2.24, 2.45) is 0 Å². The molecule has 160 valence electrons. The lowest BCUT2D eigenvalue weighted by Crippen LogP contribution is -2.17. The van der Waals surface area contributed by atoms with Crippen molar-refractivity contribution >= 4 is 10.1 Å². The van der Waals surface area contributed by atoms with Crippen molar-refractivity contribution in [2.45, 2.75) is 25.4 Å². The highest BCUT2D eigenvalue weighted by atomic mass is 32.2. The van der Waals surface area contributed by atoms with E-state index in [4.69, 9.17) is 8.92 Å². The molecular formula is C17H14F6O5S. The van der Waals surface area contributed by atoms with E-state index in [1.54, 1.807) is 0 Å². The van der Waals surface area contributed by atoms with Crippen LogP contribution in [0.1, 0.15) is 12.8 Å². The highest BCUT2D eigenvalue weighted by molar-refractivity contribution is 7.87. The smallest absolute Gasteiger partial charge is 0.453 e. The van der Waals surface area contributed by atoms with Crippen molar-refractivity contribution in [3.05, 3.63) is 48.5 Å². The SMILES string of the molecule is O=S(=O)(CCCC(F)(F)F)Oc1cccc(Oc2ccccc2OC(F)(F)F)c1. The fourth-order valence-electron chi connectivity index (χ4n) is 2.10. The lowest BCUT2D eigenvalue weighted by atomic mass is 10.3. The first-order chi connectivity index (χ1) is 13.3. The van der Waals surface area contributed by atoms with Crippen LogP contribution in [0.2, 0.25) is 0 Å². The first-order valence-electron chi connectivity index (χ1n) is 7.95. The van der Waals surface area contributed by atoms with Crippen LogP contribution in [0.4, 0.5) is 26.3 Å². The zero-order valence-corrected chi connectivity index (χ0v) is 15.3. The summed E-state index contributed by atoms with van der Waals surface area (Å²) in [6.07, 6.45) is -11.4. The van der Waals surface area contributed by atoms with E-state index in [1.165, 1.54) is 36.4 Å². The van der Waals surface area contributed by atoms with Crippen LogP contribution in [0.3, 0.4) is 0 Å². The molecule has 29 heavy (non-hydrogen) atoms. The van der Waals surface area contributed by atoms with Gasteiger partial charge in [0.1, 0.15) is 11.5 Å². The van der Waals surface area contributed by atoms with Crippen LogP contribution in [-0.2, 0) is 10.1 Å². The van der Waals surface area contributed by atoms with Gasteiger partial charge in [0.2, 0.25) is 0 Å². The summed E-state index contributed by atoms with van der Waals surface area (Å²) in [5.41, 5.74) is 0. The lowest BCUT2D eigenvalue weighted by molar-refractivity contribution is -0.275. The van der Waals surface area contributed by atoms with Gasteiger partial charge >= 0.3 is 22.7 Å². The molecule has 5 nitrogen and oxygen atoms in total. The standard InChI is InChI=1S/C17H14F6O5S/c18-16(19,20)9-4-10-29(24,25)28-13-6-3-5-12(11-13)26-14-7-1-2-8-15(14)27-17(21,22)23/h1-3,5-8,11H,4,9-10H2. The fourth-order valence-corrected chi connectivity index (χ4v) is 3.08. The second kappa shape index (κ2) is 8.80. The summed E-state index contributed by atoms with van der Waals surface area (Å²) in [4.78, 5) is 0. The summed E-state index contributed by atoms with van der Waals surface area (Å²) in [5.74, 6) is -2.13. The molecule has 2 rings (SSSR count). The molecule has 12 heteroatoms. The zero-order chi connectivity index (χ0) is 21.7. The molecule has 0 saturated heterocycles. The highest BCUT2D eigenvalue weighted by Gasteiger charge is 2.32. The normalized spacial score (nSPS) is 12.5. The number of halogens is 6. The van der Waals surface area contributed by atoms with Crippen LogP contribution < -0.4 is 13.7 Å². The monoisotopic (exact) mass is 444 g/mol. The summed E-state index contributed by atoms with van der Waals surface area (Å²) in [6.45, 7) is 0. The summed E-state index contributed by atoms with van der Waals surface area (Å²) >= 11 is 0. The van der Waals surface area contributed by atoms with E-state index in [1.807, 2.05) is 0 Å². The molecule has 0 aromatic heterocycles. The minimum atomic E-state index is -4.95. The molecule has 0 heterocycles. The number of benzene rings is 2. The molecule has 0 aliphatic heterocycles. The Balaban J connectivity index is 2.09. The zero-order valence-electron chi connectivity index (χ0n) is 14.5. The molecule has 0 aliphatic rings. The minimum Gasteiger partial charge on any atom is -0.453 e.